The summed E-state index contributed by atoms with van der Waals surface area (Å²) < 4.78 is 0. The molecule has 3 aromatic rings. The SMILES string of the molecule is Nc1nc(CCc2ccccc2)cc2ncccc12. The first kappa shape index (κ1) is 11.7. The highest BCUT2D eigenvalue weighted by Crippen LogP contribution is 2.18. The van der Waals surface area contributed by atoms with Crippen molar-refractivity contribution in [3.8, 4) is 0 Å². The van der Waals surface area contributed by atoms with Crippen LogP contribution in [0.1, 0.15) is 11.3 Å². The summed E-state index contributed by atoms with van der Waals surface area (Å²) in [6.45, 7) is 0. The minimum Gasteiger partial charge on any atom is -0.383 e. The van der Waals surface area contributed by atoms with Crippen molar-refractivity contribution < 1.29 is 0 Å². The molecule has 0 spiro atoms. The monoisotopic (exact) mass is 249 g/mol. The normalized spacial score (nSPS) is 10.7. The molecule has 2 N–H and O–H groups in total. The summed E-state index contributed by atoms with van der Waals surface area (Å²) in [5.41, 5.74) is 9.19. The Morgan fingerprint density at radius 2 is 1.79 bits per heavy atom. The number of hydrogen-bond donors (Lipinski definition) is 1. The summed E-state index contributed by atoms with van der Waals surface area (Å²) in [6, 6.07) is 16.2. The van der Waals surface area contributed by atoms with Gasteiger partial charge in [0.15, 0.2) is 0 Å². The van der Waals surface area contributed by atoms with Gasteiger partial charge in [-0.2, -0.15) is 0 Å². The molecule has 0 bridgehead atoms. The van der Waals surface area contributed by atoms with Gasteiger partial charge in [-0.3, -0.25) is 4.98 Å². The average Bonchev–Trinajstić information content (AvgIpc) is 2.46. The predicted octanol–water partition coefficient (Wildman–Crippen LogP) is 3.00. The maximum absolute atomic E-state index is 5.97. The van der Waals surface area contributed by atoms with Crippen molar-refractivity contribution in [3.63, 3.8) is 0 Å². The van der Waals surface area contributed by atoms with Gasteiger partial charge in [-0.25, -0.2) is 4.98 Å². The lowest BCUT2D eigenvalue weighted by molar-refractivity contribution is 0.919. The van der Waals surface area contributed by atoms with Crippen LogP contribution in [0.15, 0.2) is 54.7 Å². The van der Waals surface area contributed by atoms with Crippen LogP contribution >= 0.6 is 0 Å². The third-order valence-corrected chi connectivity index (χ3v) is 3.19. The fraction of sp³-hybridized carbons (Fsp3) is 0.125. The van der Waals surface area contributed by atoms with E-state index in [2.05, 4.69) is 34.2 Å². The van der Waals surface area contributed by atoms with E-state index < -0.39 is 0 Å². The standard InChI is InChI=1S/C16H15N3/c17-16-14-7-4-10-18-15(14)11-13(19-16)9-8-12-5-2-1-3-6-12/h1-7,10-11H,8-9H2,(H2,17,19). The summed E-state index contributed by atoms with van der Waals surface area (Å²) in [5, 5.41) is 0.922. The molecule has 19 heavy (non-hydrogen) atoms. The quantitative estimate of drug-likeness (QED) is 0.776. The fourth-order valence-electron chi connectivity index (χ4n) is 2.20. The van der Waals surface area contributed by atoms with Crippen molar-refractivity contribution in [3.05, 3.63) is 66.0 Å². The van der Waals surface area contributed by atoms with Gasteiger partial charge in [0.1, 0.15) is 5.82 Å². The van der Waals surface area contributed by atoms with E-state index in [1.807, 2.05) is 24.3 Å². The van der Waals surface area contributed by atoms with E-state index in [9.17, 15) is 0 Å². The van der Waals surface area contributed by atoms with Gasteiger partial charge in [0.2, 0.25) is 0 Å². The molecule has 94 valence electrons. The summed E-state index contributed by atoms with van der Waals surface area (Å²) in [4.78, 5) is 8.79. The summed E-state index contributed by atoms with van der Waals surface area (Å²) in [5.74, 6) is 0.564. The number of benzene rings is 1. The van der Waals surface area contributed by atoms with Gasteiger partial charge in [0.25, 0.3) is 0 Å². The minimum absolute atomic E-state index is 0.564. The molecule has 2 heterocycles. The number of rotatable bonds is 3. The number of nitrogens with zero attached hydrogens (tertiary/aromatic N) is 2. The molecule has 3 rings (SSSR count). The van der Waals surface area contributed by atoms with Crippen LogP contribution in [0.4, 0.5) is 5.82 Å². The van der Waals surface area contributed by atoms with E-state index in [1.165, 1.54) is 5.56 Å². The average molecular weight is 249 g/mol. The van der Waals surface area contributed by atoms with Crippen molar-refractivity contribution in [2.24, 2.45) is 0 Å². The smallest absolute Gasteiger partial charge is 0.133 e. The molecule has 0 aliphatic carbocycles. The van der Waals surface area contributed by atoms with Crippen LogP contribution in [0.5, 0.6) is 0 Å². The second kappa shape index (κ2) is 5.06. The van der Waals surface area contributed by atoms with Crippen molar-refractivity contribution in [1.29, 1.82) is 0 Å². The summed E-state index contributed by atoms with van der Waals surface area (Å²) in [7, 11) is 0. The van der Waals surface area contributed by atoms with Gasteiger partial charge in [-0.15, -0.1) is 0 Å². The van der Waals surface area contributed by atoms with Crippen LogP contribution in [-0.2, 0) is 12.8 Å². The molecule has 0 fully saturated rings. The largest absolute Gasteiger partial charge is 0.383 e. The Hall–Kier alpha value is -2.42. The Morgan fingerprint density at radius 1 is 0.947 bits per heavy atom. The van der Waals surface area contributed by atoms with Crippen LogP contribution in [0, 0.1) is 0 Å². The summed E-state index contributed by atoms with van der Waals surface area (Å²) >= 11 is 0. The molecule has 0 atom stereocenters. The van der Waals surface area contributed by atoms with E-state index in [4.69, 9.17) is 5.73 Å². The maximum Gasteiger partial charge on any atom is 0.133 e. The lowest BCUT2D eigenvalue weighted by Gasteiger charge is -2.05. The predicted molar refractivity (Wildman–Crippen MR) is 77.8 cm³/mol. The van der Waals surface area contributed by atoms with E-state index in [-0.39, 0.29) is 0 Å². The third-order valence-electron chi connectivity index (χ3n) is 3.19. The minimum atomic E-state index is 0.564. The molecule has 0 aliphatic rings. The highest BCUT2D eigenvalue weighted by Gasteiger charge is 2.04. The Balaban J connectivity index is 1.85. The van der Waals surface area contributed by atoms with Crippen molar-refractivity contribution in [2.45, 2.75) is 12.8 Å². The third kappa shape index (κ3) is 2.55. The maximum atomic E-state index is 5.97. The van der Waals surface area contributed by atoms with Crippen LogP contribution in [-0.4, -0.2) is 9.97 Å². The fourth-order valence-corrected chi connectivity index (χ4v) is 2.20. The Morgan fingerprint density at radius 3 is 2.63 bits per heavy atom. The molecule has 3 heteroatoms. The Labute approximate surface area is 112 Å². The van der Waals surface area contributed by atoms with Gasteiger partial charge in [-0.05, 0) is 36.6 Å². The molecule has 1 aromatic carbocycles. The molecular weight excluding hydrogens is 234 g/mol. The topological polar surface area (TPSA) is 51.8 Å². The lowest BCUT2D eigenvalue weighted by Crippen LogP contribution is -2.00. The zero-order valence-corrected chi connectivity index (χ0v) is 10.6. The number of hydrogen-bond acceptors (Lipinski definition) is 3. The van der Waals surface area contributed by atoms with Gasteiger partial charge in [-0.1, -0.05) is 30.3 Å². The first-order chi connectivity index (χ1) is 9.33. The van der Waals surface area contributed by atoms with Gasteiger partial charge < -0.3 is 5.73 Å². The Bertz CT molecular complexity index is 693. The number of aryl methyl sites for hydroxylation is 2. The van der Waals surface area contributed by atoms with E-state index in [1.54, 1.807) is 6.20 Å². The molecular formula is C16H15N3. The molecule has 2 aromatic heterocycles. The first-order valence-corrected chi connectivity index (χ1v) is 6.37. The highest BCUT2D eigenvalue weighted by molar-refractivity contribution is 5.88. The molecule has 0 unspecified atom stereocenters. The van der Waals surface area contributed by atoms with Crippen molar-refractivity contribution in [1.82, 2.24) is 9.97 Å². The van der Waals surface area contributed by atoms with Gasteiger partial charge in [0, 0.05) is 17.3 Å². The number of pyridine rings is 2. The number of nitrogens with two attached hydrogens (primary N) is 1. The van der Waals surface area contributed by atoms with E-state index in [0.29, 0.717) is 5.82 Å². The molecule has 0 amide bonds. The molecule has 0 saturated heterocycles. The molecule has 3 nitrogen and oxygen atoms in total. The lowest BCUT2D eigenvalue weighted by atomic mass is 10.1. The van der Waals surface area contributed by atoms with Crippen LogP contribution in [0.25, 0.3) is 10.9 Å². The van der Waals surface area contributed by atoms with Gasteiger partial charge >= 0.3 is 0 Å². The zero-order chi connectivity index (χ0) is 13.1. The molecule has 0 aliphatic heterocycles. The van der Waals surface area contributed by atoms with Crippen LogP contribution in [0.2, 0.25) is 0 Å². The number of fused-ring (bicyclic) bond motifs is 1. The van der Waals surface area contributed by atoms with Crippen LogP contribution in [0.3, 0.4) is 0 Å². The second-order valence-electron chi connectivity index (χ2n) is 4.55. The van der Waals surface area contributed by atoms with E-state index in [0.717, 1.165) is 29.4 Å². The van der Waals surface area contributed by atoms with Crippen molar-refractivity contribution in [2.75, 3.05) is 5.73 Å². The summed E-state index contributed by atoms with van der Waals surface area (Å²) in [6.07, 6.45) is 3.62. The molecule has 0 radical (unpaired) electrons. The Kier molecular flexibility index (Phi) is 3.11. The zero-order valence-electron chi connectivity index (χ0n) is 10.6. The first-order valence-electron chi connectivity index (χ1n) is 6.37. The highest BCUT2D eigenvalue weighted by atomic mass is 14.9. The van der Waals surface area contributed by atoms with Crippen LogP contribution < -0.4 is 5.73 Å². The van der Waals surface area contributed by atoms with E-state index >= 15 is 0 Å². The second-order valence-corrected chi connectivity index (χ2v) is 4.55. The van der Waals surface area contributed by atoms with Crippen molar-refractivity contribution >= 4 is 16.7 Å². The van der Waals surface area contributed by atoms with Gasteiger partial charge in [0.05, 0.1) is 5.52 Å². The number of nitrogen functional groups attached to an aromatic ring is 1. The number of anilines is 1. The number of aromatic nitrogens is 2. The molecule has 0 saturated carbocycles.